The minimum Gasteiger partial charge on any atom is -0.538 e. The quantitative estimate of drug-likeness (QED) is 0.756. The minimum atomic E-state index is -0.423. The van der Waals surface area contributed by atoms with Crippen molar-refractivity contribution in [2.75, 3.05) is 0 Å². The number of carbonyl (C=O) groups is 1. The molecule has 0 aliphatic rings. The van der Waals surface area contributed by atoms with Gasteiger partial charge in [0.25, 0.3) is 0 Å². The molecule has 1 aromatic carbocycles. The van der Waals surface area contributed by atoms with Gasteiger partial charge in [-0.15, -0.1) is 10.2 Å². The number of hydrogen-bond donors (Lipinski definition) is 0. The minimum absolute atomic E-state index is 0.315. The van der Waals surface area contributed by atoms with Gasteiger partial charge in [0.2, 0.25) is 5.01 Å². The van der Waals surface area contributed by atoms with Gasteiger partial charge in [0.1, 0.15) is 5.01 Å². The molecule has 6 heteroatoms. The summed E-state index contributed by atoms with van der Waals surface area (Å²) in [5.74, 6) is -0.423. The number of benzene rings is 1. The van der Waals surface area contributed by atoms with Gasteiger partial charge in [0.15, 0.2) is 0 Å². The fourth-order valence-corrected chi connectivity index (χ4v) is 2.18. The van der Waals surface area contributed by atoms with Crippen LogP contribution in [-0.4, -0.2) is 24.2 Å². The molecule has 1 heterocycles. The SMILES string of the molecule is BOC(=O)c1nnc(CCc2ccccc2)s1. The van der Waals surface area contributed by atoms with E-state index < -0.39 is 5.97 Å². The van der Waals surface area contributed by atoms with Crippen molar-refractivity contribution in [2.24, 2.45) is 0 Å². The number of rotatable bonds is 4. The summed E-state index contributed by atoms with van der Waals surface area (Å²) >= 11 is 1.29. The predicted molar refractivity (Wildman–Crippen MR) is 67.7 cm³/mol. The van der Waals surface area contributed by atoms with E-state index in [1.54, 1.807) is 0 Å². The summed E-state index contributed by atoms with van der Waals surface area (Å²) in [6.07, 6.45) is 1.69. The second-order valence-corrected chi connectivity index (χ2v) is 4.54. The Balaban J connectivity index is 1.96. The largest absolute Gasteiger partial charge is 0.538 e. The molecule has 2 rings (SSSR count). The predicted octanol–water partition coefficient (Wildman–Crippen LogP) is 1.03. The van der Waals surface area contributed by atoms with Gasteiger partial charge in [-0.25, -0.2) is 4.79 Å². The van der Waals surface area contributed by atoms with Crippen LogP contribution in [0.25, 0.3) is 0 Å². The highest BCUT2D eigenvalue weighted by Crippen LogP contribution is 2.13. The van der Waals surface area contributed by atoms with Crippen molar-refractivity contribution in [3.8, 4) is 0 Å². The topological polar surface area (TPSA) is 52.1 Å². The Morgan fingerprint density at radius 1 is 1.24 bits per heavy atom. The van der Waals surface area contributed by atoms with Crippen LogP contribution in [0.5, 0.6) is 0 Å². The molecule has 4 nitrogen and oxygen atoms in total. The van der Waals surface area contributed by atoms with Crippen LogP contribution in [0.3, 0.4) is 0 Å². The average Bonchev–Trinajstić information content (AvgIpc) is 2.85. The van der Waals surface area contributed by atoms with Crippen LogP contribution < -0.4 is 0 Å². The standard InChI is InChI=1S/C11H11BN2O2S/c12-16-11(15)10-14-13-9(17-10)7-6-8-4-2-1-3-5-8/h1-5H,6-7,12H2. The smallest absolute Gasteiger partial charge is 0.351 e. The summed E-state index contributed by atoms with van der Waals surface area (Å²) in [6, 6.07) is 10.2. The molecule has 0 amide bonds. The van der Waals surface area contributed by atoms with Crippen LogP contribution in [0.2, 0.25) is 0 Å². The summed E-state index contributed by atoms with van der Waals surface area (Å²) < 4.78 is 4.58. The zero-order valence-corrected chi connectivity index (χ0v) is 10.2. The lowest BCUT2D eigenvalue weighted by Gasteiger charge is -1.96. The van der Waals surface area contributed by atoms with Crippen molar-refractivity contribution < 1.29 is 9.45 Å². The molecule has 0 unspecified atom stereocenters. The molecule has 0 radical (unpaired) electrons. The first-order valence-electron chi connectivity index (χ1n) is 5.24. The van der Waals surface area contributed by atoms with E-state index in [0.29, 0.717) is 5.01 Å². The van der Waals surface area contributed by atoms with Gasteiger partial charge in [0.05, 0.1) is 0 Å². The van der Waals surface area contributed by atoms with Crippen molar-refractivity contribution in [3.05, 3.63) is 45.9 Å². The van der Waals surface area contributed by atoms with Crippen molar-refractivity contribution in [2.45, 2.75) is 12.8 Å². The maximum Gasteiger partial charge on any atom is 0.351 e. The highest BCUT2D eigenvalue weighted by atomic mass is 32.1. The summed E-state index contributed by atoms with van der Waals surface area (Å²) in [7, 11) is 1.34. The van der Waals surface area contributed by atoms with Gasteiger partial charge in [0, 0.05) is 6.42 Å². The summed E-state index contributed by atoms with van der Waals surface area (Å²) in [6.45, 7) is 0. The Kier molecular flexibility index (Phi) is 3.87. The van der Waals surface area contributed by atoms with E-state index >= 15 is 0 Å². The third-order valence-corrected chi connectivity index (χ3v) is 3.26. The Bertz CT molecular complexity index is 501. The van der Waals surface area contributed by atoms with Crippen molar-refractivity contribution >= 4 is 25.4 Å². The first kappa shape index (κ1) is 11.8. The first-order chi connectivity index (χ1) is 8.29. The maximum atomic E-state index is 11.2. The van der Waals surface area contributed by atoms with E-state index in [2.05, 4.69) is 27.0 Å². The van der Waals surface area contributed by atoms with E-state index in [1.807, 2.05) is 18.2 Å². The second kappa shape index (κ2) is 5.59. The number of aryl methyl sites for hydroxylation is 2. The zero-order chi connectivity index (χ0) is 12.1. The maximum absolute atomic E-state index is 11.2. The fraction of sp³-hybridized carbons (Fsp3) is 0.182. The molecule has 0 bridgehead atoms. The van der Waals surface area contributed by atoms with E-state index in [0.717, 1.165) is 17.8 Å². The highest BCUT2D eigenvalue weighted by Gasteiger charge is 2.11. The Hall–Kier alpha value is -1.69. The van der Waals surface area contributed by atoms with Crippen LogP contribution >= 0.6 is 11.3 Å². The molecule has 86 valence electrons. The Labute approximate surface area is 104 Å². The zero-order valence-electron chi connectivity index (χ0n) is 9.42. The monoisotopic (exact) mass is 246 g/mol. The fourth-order valence-electron chi connectivity index (χ4n) is 1.42. The van der Waals surface area contributed by atoms with E-state index in [1.165, 1.54) is 24.9 Å². The Morgan fingerprint density at radius 2 is 2.00 bits per heavy atom. The molecule has 0 saturated carbocycles. The van der Waals surface area contributed by atoms with E-state index in [-0.39, 0.29) is 0 Å². The Morgan fingerprint density at radius 3 is 2.71 bits per heavy atom. The van der Waals surface area contributed by atoms with E-state index in [9.17, 15) is 4.79 Å². The van der Waals surface area contributed by atoms with Gasteiger partial charge in [-0.05, 0) is 12.0 Å². The molecular weight excluding hydrogens is 235 g/mol. The molecular formula is C11H11BN2O2S. The number of carbonyl (C=O) groups excluding carboxylic acids is 1. The van der Waals surface area contributed by atoms with Gasteiger partial charge in [-0.1, -0.05) is 41.7 Å². The van der Waals surface area contributed by atoms with Gasteiger partial charge < -0.3 is 4.65 Å². The molecule has 0 N–H and O–H groups in total. The normalized spacial score (nSPS) is 10.1. The molecule has 1 aromatic heterocycles. The average molecular weight is 246 g/mol. The van der Waals surface area contributed by atoms with Crippen LogP contribution in [0.15, 0.2) is 30.3 Å². The highest BCUT2D eigenvalue weighted by molar-refractivity contribution is 7.13. The van der Waals surface area contributed by atoms with Crippen LogP contribution in [0.4, 0.5) is 0 Å². The third-order valence-electron chi connectivity index (χ3n) is 2.30. The molecule has 0 aliphatic carbocycles. The second-order valence-electron chi connectivity index (χ2n) is 3.48. The van der Waals surface area contributed by atoms with Crippen molar-refractivity contribution in [1.82, 2.24) is 10.2 Å². The lowest BCUT2D eigenvalue weighted by Crippen LogP contribution is -2.00. The lowest BCUT2D eigenvalue weighted by atomic mass is 10.1. The van der Waals surface area contributed by atoms with Crippen LogP contribution in [-0.2, 0) is 17.5 Å². The molecule has 0 aliphatic heterocycles. The first-order valence-corrected chi connectivity index (χ1v) is 6.06. The number of aromatic nitrogens is 2. The summed E-state index contributed by atoms with van der Waals surface area (Å²) in [4.78, 5) is 11.2. The summed E-state index contributed by atoms with van der Waals surface area (Å²) in [5, 5.41) is 8.93. The van der Waals surface area contributed by atoms with Crippen molar-refractivity contribution in [3.63, 3.8) is 0 Å². The molecule has 0 saturated heterocycles. The van der Waals surface area contributed by atoms with E-state index in [4.69, 9.17) is 0 Å². The molecule has 17 heavy (non-hydrogen) atoms. The molecule has 0 fully saturated rings. The van der Waals surface area contributed by atoms with Gasteiger partial charge in [-0.3, -0.25) is 0 Å². The summed E-state index contributed by atoms with van der Waals surface area (Å²) in [5.41, 5.74) is 1.25. The van der Waals surface area contributed by atoms with Crippen molar-refractivity contribution in [1.29, 1.82) is 0 Å². The van der Waals surface area contributed by atoms with Crippen LogP contribution in [0.1, 0.15) is 20.4 Å². The van der Waals surface area contributed by atoms with Crippen LogP contribution in [0, 0.1) is 0 Å². The number of nitrogens with zero attached hydrogens (tertiary/aromatic N) is 2. The molecule has 0 spiro atoms. The van der Waals surface area contributed by atoms with Gasteiger partial charge in [-0.2, -0.15) is 0 Å². The van der Waals surface area contributed by atoms with Gasteiger partial charge >= 0.3 is 14.0 Å². The third kappa shape index (κ3) is 3.14. The molecule has 0 atom stereocenters. The molecule has 2 aromatic rings. The number of hydrogen-bond acceptors (Lipinski definition) is 5. The lowest BCUT2D eigenvalue weighted by molar-refractivity contribution is 0.0748.